The van der Waals surface area contributed by atoms with Crippen molar-refractivity contribution in [3.8, 4) is 0 Å². The molecule has 20 heavy (non-hydrogen) atoms. The highest BCUT2D eigenvalue weighted by molar-refractivity contribution is 7.91. The largest absolute Gasteiger partial charge is 0.400 e. The molecule has 0 saturated carbocycles. The second kappa shape index (κ2) is 5.78. The minimum Gasteiger partial charge on any atom is -0.389 e. The van der Waals surface area contributed by atoms with Gasteiger partial charge in [0.25, 0.3) is 0 Å². The number of sulfone groups is 1. The smallest absolute Gasteiger partial charge is 0.389 e. The Morgan fingerprint density at radius 2 is 1.85 bits per heavy atom. The third kappa shape index (κ3) is 4.25. The van der Waals surface area contributed by atoms with Gasteiger partial charge in [0.1, 0.15) is 6.10 Å². The Hall–Kier alpha value is -1.00. The molecule has 0 radical (unpaired) electrons. The third-order valence-electron chi connectivity index (χ3n) is 2.73. The molecule has 0 bridgehead atoms. The van der Waals surface area contributed by atoms with Gasteiger partial charge in [-0.1, -0.05) is 30.3 Å². The second-order valence-electron chi connectivity index (χ2n) is 4.43. The maximum atomic E-state index is 11.6. The summed E-state index contributed by atoms with van der Waals surface area (Å²) in [5, 5.41) is 9.45. The molecule has 1 aromatic rings. The lowest BCUT2D eigenvalue weighted by Crippen LogP contribution is -2.30. The normalized spacial score (nSPS) is 25.6. The molecule has 1 aromatic carbocycles. The van der Waals surface area contributed by atoms with Gasteiger partial charge in [-0.05, 0) is 5.56 Å². The van der Waals surface area contributed by atoms with Gasteiger partial charge in [0.15, 0.2) is 9.84 Å². The summed E-state index contributed by atoms with van der Waals surface area (Å²) in [6.45, 7) is -0.223. The van der Waals surface area contributed by atoms with E-state index in [1.165, 1.54) is 0 Å². The van der Waals surface area contributed by atoms with E-state index in [9.17, 15) is 21.9 Å². The zero-order valence-corrected chi connectivity index (χ0v) is 12.0. The molecule has 0 spiro atoms. The summed E-state index contributed by atoms with van der Waals surface area (Å²) in [7, 11) is -7.85. The zero-order valence-electron chi connectivity index (χ0n) is 10.4. The van der Waals surface area contributed by atoms with Crippen LogP contribution in [0.15, 0.2) is 30.3 Å². The van der Waals surface area contributed by atoms with Crippen molar-refractivity contribution in [2.75, 3.05) is 11.5 Å². The summed E-state index contributed by atoms with van der Waals surface area (Å²) in [5.74, 6) is -1.05. The first-order valence-electron chi connectivity index (χ1n) is 5.77. The van der Waals surface area contributed by atoms with Gasteiger partial charge in [-0.15, -0.1) is 0 Å². The van der Waals surface area contributed by atoms with E-state index in [4.69, 9.17) is 0 Å². The molecule has 9 heteroatoms. The molecular formula is C11H14O7S2. The van der Waals surface area contributed by atoms with Crippen LogP contribution in [0.5, 0.6) is 0 Å². The standard InChI is InChI=1S/C11H14O7S2/c12-10-7-19(13,14)8-11(10)18-20(15,16)17-6-9-4-2-1-3-5-9/h1-5,10-12H,6-8H2/t10-,11+/m0/s1. The Kier molecular flexibility index (Phi) is 4.45. The van der Waals surface area contributed by atoms with Crippen molar-refractivity contribution in [3.05, 3.63) is 35.9 Å². The van der Waals surface area contributed by atoms with Crippen molar-refractivity contribution in [2.24, 2.45) is 0 Å². The average molecular weight is 322 g/mol. The highest BCUT2D eigenvalue weighted by Crippen LogP contribution is 2.19. The van der Waals surface area contributed by atoms with Gasteiger partial charge >= 0.3 is 10.4 Å². The van der Waals surface area contributed by atoms with Crippen LogP contribution in [0.2, 0.25) is 0 Å². The molecule has 1 aliphatic heterocycles. The molecule has 1 N–H and O–H groups in total. The minimum atomic E-state index is -4.37. The first-order chi connectivity index (χ1) is 9.27. The molecule has 7 nitrogen and oxygen atoms in total. The van der Waals surface area contributed by atoms with Crippen LogP contribution in [0.3, 0.4) is 0 Å². The summed E-state index contributed by atoms with van der Waals surface area (Å²) >= 11 is 0. The fourth-order valence-electron chi connectivity index (χ4n) is 1.78. The van der Waals surface area contributed by atoms with Crippen LogP contribution in [0, 0.1) is 0 Å². The minimum absolute atomic E-state index is 0.223. The molecular weight excluding hydrogens is 308 g/mol. The van der Waals surface area contributed by atoms with Crippen molar-refractivity contribution in [1.82, 2.24) is 0 Å². The maximum Gasteiger partial charge on any atom is 0.400 e. The Morgan fingerprint density at radius 1 is 1.20 bits per heavy atom. The SMILES string of the molecule is O=S1(=O)C[C@H](O)[C@H](OS(=O)(=O)OCc2ccccc2)C1. The van der Waals surface area contributed by atoms with Crippen LogP contribution in [-0.4, -0.2) is 45.7 Å². The van der Waals surface area contributed by atoms with E-state index in [2.05, 4.69) is 8.37 Å². The Labute approximate surface area is 117 Å². The fraction of sp³-hybridized carbons (Fsp3) is 0.455. The van der Waals surface area contributed by atoms with E-state index in [0.29, 0.717) is 5.56 Å². The Bertz CT molecular complexity index is 651. The predicted molar refractivity (Wildman–Crippen MR) is 69.7 cm³/mol. The summed E-state index contributed by atoms with van der Waals surface area (Å²) in [5.41, 5.74) is 0.624. The molecule has 112 valence electrons. The van der Waals surface area contributed by atoms with E-state index >= 15 is 0 Å². The number of benzene rings is 1. The van der Waals surface area contributed by atoms with Crippen molar-refractivity contribution in [3.63, 3.8) is 0 Å². The van der Waals surface area contributed by atoms with Crippen LogP contribution in [0.4, 0.5) is 0 Å². The van der Waals surface area contributed by atoms with Gasteiger partial charge in [-0.2, -0.15) is 8.42 Å². The van der Waals surface area contributed by atoms with E-state index in [-0.39, 0.29) is 6.61 Å². The fourth-order valence-corrected chi connectivity index (χ4v) is 4.37. The molecule has 1 saturated heterocycles. The lowest BCUT2D eigenvalue weighted by molar-refractivity contribution is 0.0620. The van der Waals surface area contributed by atoms with Crippen LogP contribution in [-0.2, 0) is 35.2 Å². The van der Waals surface area contributed by atoms with Crippen molar-refractivity contribution >= 4 is 20.2 Å². The van der Waals surface area contributed by atoms with E-state index in [1.807, 2.05) is 0 Å². The maximum absolute atomic E-state index is 11.6. The van der Waals surface area contributed by atoms with Gasteiger partial charge in [0.05, 0.1) is 24.2 Å². The van der Waals surface area contributed by atoms with Gasteiger partial charge in [-0.25, -0.2) is 16.8 Å². The molecule has 0 aromatic heterocycles. The topological polar surface area (TPSA) is 107 Å². The molecule has 2 rings (SSSR count). The Balaban J connectivity index is 1.95. The van der Waals surface area contributed by atoms with Crippen LogP contribution in [0.1, 0.15) is 5.56 Å². The summed E-state index contributed by atoms with van der Waals surface area (Å²) in [4.78, 5) is 0. The molecule has 1 aliphatic rings. The Morgan fingerprint density at radius 3 is 2.40 bits per heavy atom. The number of rotatable bonds is 5. The van der Waals surface area contributed by atoms with Crippen molar-refractivity contribution < 1.29 is 30.3 Å². The number of aliphatic hydroxyl groups excluding tert-OH is 1. The number of hydrogen-bond acceptors (Lipinski definition) is 7. The van der Waals surface area contributed by atoms with Gasteiger partial charge in [0.2, 0.25) is 0 Å². The molecule has 1 fully saturated rings. The van der Waals surface area contributed by atoms with Crippen LogP contribution in [0.25, 0.3) is 0 Å². The zero-order chi connectivity index (χ0) is 14.8. The van der Waals surface area contributed by atoms with Gasteiger partial charge in [-0.3, -0.25) is 0 Å². The molecule has 2 atom stereocenters. The highest BCUT2D eigenvalue weighted by atomic mass is 32.3. The highest BCUT2D eigenvalue weighted by Gasteiger charge is 2.40. The summed E-state index contributed by atoms with van der Waals surface area (Å²) in [6, 6.07) is 8.56. The number of aliphatic hydroxyl groups is 1. The van der Waals surface area contributed by atoms with E-state index in [0.717, 1.165) is 0 Å². The third-order valence-corrected chi connectivity index (χ3v) is 5.30. The number of hydrogen-bond donors (Lipinski definition) is 1. The first-order valence-corrected chi connectivity index (χ1v) is 8.93. The molecule has 0 amide bonds. The monoisotopic (exact) mass is 322 g/mol. The lowest BCUT2D eigenvalue weighted by Gasteiger charge is -2.13. The first kappa shape index (κ1) is 15.4. The van der Waals surface area contributed by atoms with Crippen molar-refractivity contribution in [1.29, 1.82) is 0 Å². The van der Waals surface area contributed by atoms with Gasteiger partial charge < -0.3 is 5.11 Å². The van der Waals surface area contributed by atoms with Crippen molar-refractivity contribution in [2.45, 2.75) is 18.8 Å². The van der Waals surface area contributed by atoms with Crippen LogP contribution >= 0.6 is 0 Å². The second-order valence-corrected chi connectivity index (χ2v) is 7.83. The summed E-state index contributed by atoms with van der Waals surface area (Å²) < 4.78 is 54.8. The lowest BCUT2D eigenvalue weighted by atomic mass is 10.2. The van der Waals surface area contributed by atoms with Gasteiger partial charge in [0, 0.05) is 0 Å². The average Bonchev–Trinajstić information content (AvgIpc) is 2.60. The van der Waals surface area contributed by atoms with E-state index < -0.39 is 43.9 Å². The van der Waals surface area contributed by atoms with Crippen LogP contribution < -0.4 is 0 Å². The quantitative estimate of drug-likeness (QED) is 0.787. The molecule has 0 aliphatic carbocycles. The predicted octanol–water partition coefficient (Wildman–Crippen LogP) is -0.378. The molecule has 1 heterocycles. The van der Waals surface area contributed by atoms with E-state index in [1.54, 1.807) is 30.3 Å². The molecule has 0 unspecified atom stereocenters. The summed E-state index contributed by atoms with van der Waals surface area (Å²) in [6.07, 6.45) is -2.68.